The van der Waals surface area contributed by atoms with Crippen molar-refractivity contribution < 1.29 is 5.11 Å². The maximum Gasteiger partial charge on any atom is 0.0956 e. The summed E-state index contributed by atoms with van der Waals surface area (Å²) < 4.78 is 2.27. The number of aromatic nitrogens is 2. The molecule has 4 heteroatoms. The number of aryl methyl sites for hydroxylation is 1. The molecule has 0 unspecified atom stereocenters. The first-order chi connectivity index (χ1) is 11.3. The van der Waals surface area contributed by atoms with Gasteiger partial charge in [-0.1, -0.05) is 37.3 Å². The summed E-state index contributed by atoms with van der Waals surface area (Å²) in [5.41, 5.74) is 3.66. The molecule has 0 spiro atoms. The second-order valence-corrected chi connectivity index (χ2v) is 6.35. The third-order valence-electron chi connectivity index (χ3n) is 4.82. The van der Waals surface area contributed by atoms with Crippen molar-refractivity contribution in [3.63, 3.8) is 0 Å². The summed E-state index contributed by atoms with van der Waals surface area (Å²) >= 11 is 0. The lowest BCUT2D eigenvalue weighted by molar-refractivity contribution is 0.213. The van der Waals surface area contributed by atoms with Crippen LogP contribution in [-0.4, -0.2) is 45.8 Å². The zero-order valence-corrected chi connectivity index (χ0v) is 14.0. The van der Waals surface area contributed by atoms with Gasteiger partial charge in [-0.05, 0) is 32.4 Å². The Balaban J connectivity index is 1.95. The van der Waals surface area contributed by atoms with Gasteiger partial charge in [-0.25, -0.2) is 4.98 Å². The molecular weight excluding hydrogens is 286 g/mol. The van der Waals surface area contributed by atoms with Crippen molar-refractivity contribution in [2.45, 2.75) is 38.6 Å². The molecule has 3 rings (SSSR count). The highest BCUT2D eigenvalue weighted by molar-refractivity contribution is 5.62. The van der Waals surface area contributed by atoms with Crippen LogP contribution in [0.4, 0.5) is 0 Å². The average molecular weight is 313 g/mol. The second-order valence-electron chi connectivity index (χ2n) is 6.35. The number of hydrogen-bond donors (Lipinski definition) is 1. The number of aliphatic hydroxyl groups is 1. The van der Waals surface area contributed by atoms with Gasteiger partial charge in [-0.3, -0.25) is 0 Å². The topological polar surface area (TPSA) is 41.3 Å². The van der Waals surface area contributed by atoms with Crippen LogP contribution in [0.1, 0.15) is 37.8 Å². The number of nitrogens with zero attached hydrogens (tertiary/aromatic N) is 3. The Morgan fingerprint density at radius 2 is 2.09 bits per heavy atom. The SMILES string of the molecule is CCN1CCC[C@@H](c2c(-c3ccccc3)ncn2CCCO)C1. The van der Waals surface area contributed by atoms with E-state index in [1.165, 1.54) is 30.6 Å². The molecule has 1 atom stereocenters. The Hall–Kier alpha value is -1.65. The van der Waals surface area contributed by atoms with Crippen LogP contribution < -0.4 is 0 Å². The third-order valence-corrected chi connectivity index (χ3v) is 4.82. The standard InChI is InChI=1S/C19H27N3O/c1-2-21-11-6-10-17(14-21)19-18(16-8-4-3-5-9-16)20-15-22(19)12-7-13-23/h3-5,8-9,15,17,23H,2,6-7,10-14H2,1H3/t17-/m1/s1. The van der Waals surface area contributed by atoms with Crippen molar-refractivity contribution in [3.8, 4) is 11.3 Å². The molecule has 2 heterocycles. The van der Waals surface area contributed by atoms with E-state index in [2.05, 4.69) is 40.7 Å². The first kappa shape index (κ1) is 16.2. The summed E-state index contributed by atoms with van der Waals surface area (Å²) in [6.45, 7) is 6.74. The molecule has 1 aromatic carbocycles. The van der Waals surface area contributed by atoms with E-state index in [0.29, 0.717) is 5.92 Å². The van der Waals surface area contributed by atoms with E-state index in [4.69, 9.17) is 4.98 Å². The summed E-state index contributed by atoms with van der Waals surface area (Å²) in [5, 5.41) is 9.19. The van der Waals surface area contributed by atoms with Crippen LogP contribution in [0.2, 0.25) is 0 Å². The van der Waals surface area contributed by atoms with E-state index in [0.717, 1.165) is 31.7 Å². The highest BCUT2D eigenvalue weighted by atomic mass is 16.3. The van der Waals surface area contributed by atoms with E-state index in [9.17, 15) is 5.11 Å². The molecule has 0 radical (unpaired) electrons. The lowest BCUT2D eigenvalue weighted by Gasteiger charge is -2.32. The predicted molar refractivity (Wildman–Crippen MR) is 93.5 cm³/mol. The average Bonchev–Trinajstić information content (AvgIpc) is 3.04. The van der Waals surface area contributed by atoms with Crippen molar-refractivity contribution in [1.82, 2.24) is 14.5 Å². The molecule has 1 aliphatic rings. The number of hydrogen-bond acceptors (Lipinski definition) is 3. The molecule has 1 aliphatic heterocycles. The minimum Gasteiger partial charge on any atom is -0.396 e. The molecule has 1 N–H and O–H groups in total. The summed E-state index contributed by atoms with van der Waals surface area (Å²) in [5.74, 6) is 0.528. The monoisotopic (exact) mass is 313 g/mol. The van der Waals surface area contributed by atoms with Crippen molar-refractivity contribution in [1.29, 1.82) is 0 Å². The zero-order chi connectivity index (χ0) is 16.1. The maximum atomic E-state index is 9.19. The Kier molecular flexibility index (Phi) is 5.47. The van der Waals surface area contributed by atoms with Crippen LogP contribution in [0.25, 0.3) is 11.3 Å². The molecule has 0 amide bonds. The molecule has 0 bridgehead atoms. The Bertz CT molecular complexity index is 608. The van der Waals surface area contributed by atoms with Crippen LogP contribution in [0.3, 0.4) is 0 Å². The molecule has 1 fully saturated rings. The van der Waals surface area contributed by atoms with Gasteiger partial charge in [0.15, 0.2) is 0 Å². The first-order valence-corrected chi connectivity index (χ1v) is 8.77. The van der Waals surface area contributed by atoms with Crippen LogP contribution in [0.15, 0.2) is 36.7 Å². The van der Waals surface area contributed by atoms with Gasteiger partial charge in [0.1, 0.15) is 0 Å². The number of imidazole rings is 1. The van der Waals surface area contributed by atoms with Gasteiger partial charge in [0.25, 0.3) is 0 Å². The maximum absolute atomic E-state index is 9.19. The van der Waals surface area contributed by atoms with Gasteiger partial charge in [0.05, 0.1) is 12.0 Å². The smallest absolute Gasteiger partial charge is 0.0956 e. The van der Waals surface area contributed by atoms with E-state index in [-0.39, 0.29) is 6.61 Å². The van der Waals surface area contributed by atoms with Crippen molar-refractivity contribution in [2.75, 3.05) is 26.2 Å². The molecule has 2 aromatic rings. The molecule has 0 saturated carbocycles. The lowest BCUT2D eigenvalue weighted by Crippen LogP contribution is -2.35. The summed E-state index contributed by atoms with van der Waals surface area (Å²) in [6, 6.07) is 10.5. The predicted octanol–water partition coefficient (Wildman–Crippen LogP) is 3.13. The fourth-order valence-corrected chi connectivity index (χ4v) is 3.62. The Labute approximate surface area is 138 Å². The quantitative estimate of drug-likeness (QED) is 0.891. The highest BCUT2D eigenvalue weighted by Crippen LogP contribution is 2.34. The molecule has 1 aromatic heterocycles. The number of aliphatic hydroxyl groups excluding tert-OH is 1. The minimum absolute atomic E-state index is 0.226. The first-order valence-electron chi connectivity index (χ1n) is 8.77. The molecule has 124 valence electrons. The second kappa shape index (κ2) is 7.75. The number of piperidine rings is 1. The Morgan fingerprint density at radius 1 is 1.26 bits per heavy atom. The zero-order valence-electron chi connectivity index (χ0n) is 14.0. The van der Waals surface area contributed by atoms with Gasteiger partial charge in [-0.2, -0.15) is 0 Å². The van der Waals surface area contributed by atoms with Crippen LogP contribution in [0.5, 0.6) is 0 Å². The Morgan fingerprint density at radius 3 is 2.83 bits per heavy atom. The molecule has 23 heavy (non-hydrogen) atoms. The normalized spacial score (nSPS) is 19.1. The fourth-order valence-electron chi connectivity index (χ4n) is 3.62. The van der Waals surface area contributed by atoms with Gasteiger partial charge in [0.2, 0.25) is 0 Å². The molecular formula is C19H27N3O. The number of likely N-dealkylation sites (N-methyl/N-ethyl adjacent to an activating group) is 1. The van der Waals surface area contributed by atoms with Gasteiger partial charge < -0.3 is 14.6 Å². The van der Waals surface area contributed by atoms with Crippen molar-refractivity contribution in [2.24, 2.45) is 0 Å². The van der Waals surface area contributed by atoms with E-state index < -0.39 is 0 Å². The van der Waals surface area contributed by atoms with E-state index >= 15 is 0 Å². The summed E-state index contributed by atoms with van der Waals surface area (Å²) in [7, 11) is 0. The number of benzene rings is 1. The molecule has 0 aliphatic carbocycles. The van der Waals surface area contributed by atoms with Gasteiger partial charge >= 0.3 is 0 Å². The minimum atomic E-state index is 0.226. The fraction of sp³-hybridized carbons (Fsp3) is 0.526. The van der Waals surface area contributed by atoms with Crippen LogP contribution in [0, 0.1) is 0 Å². The number of likely N-dealkylation sites (tertiary alicyclic amines) is 1. The van der Waals surface area contributed by atoms with Gasteiger partial charge in [0, 0.05) is 36.9 Å². The largest absolute Gasteiger partial charge is 0.396 e. The van der Waals surface area contributed by atoms with Crippen molar-refractivity contribution >= 4 is 0 Å². The van der Waals surface area contributed by atoms with Crippen LogP contribution >= 0.6 is 0 Å². The molecule has 1 saturated heterocycles. The van der Waals surface area contributed by atoms with Crippen LogP contribution in [-0.2, 0) is 6.54 Å². The van der Waals surface area contributed by atoms with Gasteiger partial charge in [-0.15, -0.1) is 0 Å². The summed E-state index contributed by atoms with van der Waals surface area (Å²) in [4.78, 5) is 7.26. The molecule has 4 nitrogen and oxygen atoms in total. The van der Waals surface area contributed by atoms with E-state index in [1.807, 2.05) is 12.4 Å². The number of rotatable bonds is 6. The van der Waals surface area contributed by atoms with E-state index in [1.54, 1.807) is 0 Å². The third kappa shape index (κ3) is 3.65. The van der Waals surface area contributed by atoms with Crippen molar-refractivity contribution in [3.05, 3.63) is 42.4 Å². The summed E-state index contributed by atoms with van der Waals surface area (Å²) in [6.07, 6.45) is 5.21. The lowest BCUT2D eigenvalue weighted by atomic mass is 9.91. The highest BCUT2D eigenvalue weighted by Gasteiger charge is 2.26.